The van der Waals surface area contributed by atoms with Gasteiger partial charge in [-0.05, 0) is 12.0 Å². The van der Waals surface area contributed by atoms with E-state index in [1.807, 2.05) is 48.5 Å². The van der Waals surface area contributed by atoms with Gasteiger partial charge in [0.25, 0.3) is 0 Å². The van der Waals surface area contributed by atoms with Crippen molar-refractivity contribution in [3.05, 3.63) is 70.4 Å². The van der Waals surface area contributed by atoms with Crippen molar-refractivity contribution in [2.24, 2.45) is 5.92 Å². The first-order valence-corrected chi connectivity index (χ1v) is 7.99. The maximum absolute atomic E-state index is 12.8. The lowest BCUT2D eigenvalue weighted by Crippen LogP contribution is -2.08. The fourth-order valence-electron chi connectivity index (χ4n) is 2.61. The maximum atomic E-state index is 12.8. The average Bonchev–Trinajstić information content (AvgIpc) is 2.60. The third-order valence-corrected chi connectivity index (χ3v) is 3.81. The van der Waals surface area contributed by atoms with Gasteiger partial charge in [0, 0.05) is 11.1 Å². The highest BCUT2D eigenvalue weighted by molar-refractivity contribution is 5.88. The van der Waals surface area contributed by atoms with Crippen LogP contribution in [0.1, 0.15) is 19.4 Å². The minimum Gasteiger partial charge on any atom is -0.490 e. The van der Waals surface area contributed by atoms with E-state index in [2.05, 4.69) is 19.9 Å². The molecule has 0 bridgehead atoms. The molecule has 0 aliphatic heterocycles. The van der Waals surface area contributed by atoms with E-state index in [0.717, 1.165) is 11.1 Å². The molecule has 0 radical (unpaired) electrons. The predicted octanol–water partition coefficient (Wildman–Crippen LogP) is 5.14. The Morgan fingerprint density at radius 2 is 1.79 bits per heavy atom. The van der Waals surface area contributed by atoms with Crippen LogP contribution >= 0.6 is 0 Å². The lowest BCUT2D eigenvalue weighted by Gasteiger charge is -2.10. The van der Waals surface area contributed by atoms with Crippen molar-refractivity contribution in [1.82, 2.24) is 0 Å². The van der Waals surface area contributed by atoms with E-state index in [1.165, 1.54) is 7.11 Å². The Labute approximate surface area is 141 Å². The number of hydrogen-bond donors (Lipinski definition) is 0. The van der Waals surface area contributed by atoms with Gasteiger partial charge in [-0.1, -0.05) is 68.5 Å². The molecule has 0 spiro atoms. The van der Waals surface area contributed by atoms with Crippen molar-refractivity contribution in [1.29, 1.82) is 0 Å². The monoisotopic (exact) mass is 320 g/mol. The first kappa shape index (κ1) is 16.1. The SMILES string of the molecule is COc1c(-c2ccccc2)oc2c(/C=C/C(C)C)cccc2c1=O. The molecule has 24 heavy (non-hydrogen) atoms. The Morgan fingerprint density at radius 3 is 2.46 bits per heavy atom. The smallest absolute Gasteiger partial charge is 0.235 e. The summed E-state index contributed by atoms with van der Waals surface area (Å²) in [5.74, 6) is 1.11. The largest absolute Gasteiger partial charge is 0.490 e. The van der Waals surface area contributed by atoms with E-state index in [4.69, 9.17) is 9.15 Å². The molecule has 0 atom stereocenters. The van der Waals surface area contributed by atoms with Crippen LogP contribution in [0.5, 0.6) is 5.75 Å². The zero-order valence-corrected chi connectivity index (χ0v) is 14.1. The van der Waals surface area contributed by atoms with Gasteiger partial charge in [0.1, 0.15) is 5.58 Å². The van der Waals surface area contributed by atoms with Crippen LogP contribution in [-0.4, -0.2) is 7.11 Å². The van der Waals surface area contributed by atoms with Crippen LogP contribution in [0.25, 0.3) is 28.4 Å². The molecule has 0 aliphatic carbocycles. The van der Waals surface area contributed by atoms with Gasteiger partial charge >= 0.3 is 0 Å². The Kier molecular flexibility index (Phi) is 4.52. The normalized spacial score (nSPS) is 11.5. The maximum Gasteiger partial charge on any atom is 0.235 e. The Balaban J connectivity index is 2.33. The van der Waals surface area contributed by atoms with Gasteiger partial charge in [-0.2, -0.15) is 0 Å². The van der Waals surface area contributed by atoms with Crippen LogP contribution in [-0.2, 0) is 0 Å². The molecule has 3 rings (SSSR count). The molecule has 0 N–H and O–H groups in total. The van der Waals surface area contributed by atoms with Crippen LogP contribution < -0.4 is 10.2 Å². The fraction of sp³-hybridized carbons (Fsp3) is 0.190. The minimum atomic E-state index is -0.155. The molecule has 3 heteroatoms. The fourth-order valence-corrected chi connectivity index (χ4v) is 2.61. The highest BCUT2D eigenvalue weighted by atomic mass is 16.5. The topological polar surface area (TPSA) is 39.4 Å². The molecule has 0 fully saturated rings. The van der Waals surface area contributed by atoms with E-state index in [-0.39, 0.29) is 11.2 Å². The number of methoxy groups -OCH3 is 1. The molecule has 2 aromatic carbocycles. The van der Waals surface area contributed by atoms with Crippen LogP contribution in [0.15, 0.2) is 63.8 Å². The highest BCUT2D eigenvalue weighted by Crippen LogP contribution is 2.32. The summed E-state index contributed by atoms with van der Waals surface area (Å²) < 4.78 is 11.5. The molecule has 3 aromatic rings. The number of allylic oxidation sites excluding steroid dienone is 1. The van der Waals surface area contributed by atoms with Gasteiger partial charge in [-0.25, -0.2) is 0 Å². The Bertz CT molecular complexity index is 934. The second kappa shape index (κ2) is 6.75. The van der Waals surface area contributed by atoms with E-state index in [0.29, 0.717) is 22.6 Å². The molecule has 0 saturated carbocycles. The van der Waals surface area contributed by atoms with Crippen LogP contribution in [0, 0.1) is 5.92 Å². The van der Waals surface area contributed by atoms with Crippen LogP contribution in [0.4, 0.5) is 0 Å². The number of para-hydroxylation sites is 1. The first-order chi connectivity index (χ1) is 11.6. The summed E-state index contributed by atoms with van der Waals surface area (Å²) in [5.41, 5.74) is 2.13. The number of fused-ring (bicyclic) bond motifs is 1. The third-order valence-electron chi connectivity index (χ3n) is 3.81. The summed E-state index contributed by atoms with van der Waals surface area (Å²) >= 11 is 0. The van der Waals surface area contributed by atoms with Crippen molar-refractivity contribution in [2.45, 2.75) is 13.8 Å². The summed E-state index contributed by atoms with van der Waals surface area (Å²) in [5, 5.41) is 0.525. The van der Waals surface area contributed by atoms with E-state index in [9.17, 15) is 4.79 Å². The molecule has 0 saturated heterocycles. The molecule has 1 heterocycles. The second-order valence-corrected chi connectivity index (χ2v) is 5.99. The second-order valence-electron chi connectivity index (χ2n) is 5.99. The summed E-state index contributed by atoms with van der Waals surface area (Å²) in [6, 6.07) is 15.1. The first-order valence-electron chi connectivity index (χ1n) is 7.99. The predicted molar refractivity (Wildman–Crippen MR) is 98.3 cm³/mol. The van der Waals surface area contributed by atoms with Gasteiger partial charge in [0.15, 0.2) is 5.76 Å². The van der Waals surface area contributed by atoms with Crippen molar-refractivity contribution in [3.63, 3.8) is 0 Å². The summed E-state index contributed by atoms with van der Waals surface area (Å²) in [6.45, 7) is 4.21. The summed E-state index contributed by atoms with van der Waals surface area (Å²) in [7, 11) is 1.49. The molecule has 0 unspecified atom stereocenters. The molecular weight excluding hydrogens is 300 g/mol. The minimum absolute atomic E-state index is 0.155. The summed E-state index contributed by atoms with van der Waals surface area (Å²) in [6.07, 6.45) is 4.08. The van der Waals surface area contributed by atoms with Gasteiger partial charge in [-0.3, -0.25) is 4.79 Å². The van der Waals surface area contributed by atoms with Gasteiger partial charge < -0.3 is 9.15 Å². The van der Waals surface area contributed by atoms with Gasteiger partial charge in [0.2, 0.25) is 11.2 Å². The van der Waals surface area contributed by atoms with E-state index in [1.54, 1.807) is 6.07 Å². The lowest BCUT2D eigenvalue weighted by atomic mass is 10.1. The van der Waals surface area contributed by atoms with Crippen LogP contribution in [0.3, 0.4) is 0 Å². The standard InChI is InChI=1S/C21H20O3/c1-14(2)12-13-16-10-7-11-17-18(22)21(23-3)20(24-19(16)17)15-8-5-4-6-9-15/h4-14H,1-3H3/b13-12+. The molecular formula is C21H20O3. The van der Waals surface area contributed by atoms with Gasteiger partial charge in [0.05, 0.1) is 12.5 Å². The third kappa shape index (κ3) is 2.98. The molecule has 1 aromatic heterocycles. The quantitative estimate of drug-likeness (QED) is 0.668. The van der Waals surface area contributed by atoms with Gasteiger partial charge in [-0.15, -0.1) is 0 Å². The van der Waals surface area contributed by atoms with Crippen LogP contribution in [0.2, 0.25) is 0 Å². The number of rotatable bonds is 4. The van der Waals surface area contributed by atoms with Crippen molar-refractivity contribution in [2.75, 3.05) is 7.11 Å². The average molecular weight is 320 g/mol. The summed E-state index contributed by atoms with van der Waals surface area (Å²) in [4.78, 5) is 12.8. The zero-order valence-electron chi connectivity index (χ0n) is 14.1. The van der Waals surface area contributed by atoms with E-state index < -0.39 is 0 Å². The molecule has 0 amide bonds. The lowest BCUT2D eigenvalue weighted by molar-refractivity contribution is 0.398. The molecule has 122 valence electrons. The number of hydrogen-bond acceptors (Lipinski definition) is 3. The highest BCUT2D eigenvalue weighted by Gasteiger charge is 2.17. The Hall–Kier alpha value is -2.81. The Morgan fingerprint density at radius 1 is 1.04 bits per heavy atom. The molecule has 0 aliphatic rings. The molecule has 3 nitrogen and oxygen atoms in total. The van der Waals surface area contributed by atoms with Crippen molar-refractivity contribution in [3.8, 4) is 17.1 Å². The number of benzene rings is 2. The zero-order chi connectivity index (χ0) is 17.1. The van der Waals surface area contributed by atoms with Crippen molar-refractivity contribution >= 4 is 17.0 Å². The number of ether oxygens (including phenoxy) is 1. The van der Waals surface area contributed by atoms with Crippen molar-refractivity contribution < 1.29 is 9.15 Å². The van der Waals surface area contributed by atoms with E-state index >= 15 is 0 Å².